The highest BCUT2D eigenvalue weighted by Crippen LogP contribution is 2.31. The number of rotatable bonds is 8. The van der Waals surface area contributed by atoms with Crippen LogP contribution in [0.1, 0.15) is 55.5 Å². The molecule has 33 heavy (non-hydrogen) atoms. The first kappa shape index (κ1) is 22.9. The SMILES string of the molecule is CCCCC(CC)Cn1c(NC(=O)c2ccc(Br)cc2)c(C#N)c2nc3ccccc3nc21. The molecule has 1 amide bonds. The Kier molecular flexibility index (Phi) is 7.05. The number of nitrogens with zero attached hydrogens (tertiary/aromatic N) is 4. The topological polar surface area (TPSA) is 83.6 Å². The van der Waals surface area contributed by atoms with Crippen LogP contribution in [0.5, 0.6) is 0 Å². The Hall–Kier alpha value is -3.24. The number of unbranched alkanes of at least 4 members (excludes halogenated alkanes) is 1. The van der Waals surface area contributed by atoms with Gasteiger partial charge in [0.1, 0.15) is 23.0 Å². The number of nitriles is 1. The highest BCUT2D eigenvalue weighted by molar-refractivity contribution is 9.10. The zero-order valence-corrected chi connectivity index (χ0v) is 20.4. The average Bonchev–Trinajstić information content (AvgIpc) is 3.11. The Labute approximate surface area is 201 Å². The van der Waals surface area contributed by atoms with Gasteiger partial charge in [-0.25, -0.2) is 9.97 Å². The fraction of sp³-hybridized carbons (Fsp3) is 0.308. The lowest BCUT2D eigenvalue weighted by Crippen LogP contribution is -2.18. The molecular weight excluding hydrogens is 478 g/mol. The summed E-state index contributed by atoms with van der Waals surface area (Å²) in [6, 6.07) is 17.1. The maximum atomic E-state index is 13.1. The van der Waals surface area contributed by atoms with Gasteiger partial charge in [0.15, 0.2) is 5.65 Å². The summed E-state index contributed by atoms with van der Waals surface area (Å²) in [6.45, 7) is 5.03. The Balaban J connectivity index is 1.86. The third-order valence-corrected chi connectivity index (χ3v) is 6.51. The lowest BCUT2D eigenvalue weighted by Gasteiger charge is -2.18. The number of hydrogen-bond acceptors (Lipinski definition) is 4. The van der Waals surface area contributed by atoms with E-state index in [2.05, 4.69) is 41.2 Å². The highest BCUT2D eigenvalue weighted by Gasteiger charge is 2.24. The van der Waals surface area contributed by atoms with E-state index in [1.54, 1.807) is 12.1 Å². The Morgan fingerprint density at radius 2 is 1.82 bits per heavy atom. The third kappa shape index (κ3) is 4.76. The van der Waals surface area contributed by atoms with Gasteiger partial charge in [0, 0.05) is 16.6 Å². The first-order valence-electron chi connectivity index (χ1n) is 11.3. The molecule has 0 aliphatic heterocycles. The molecule has 168 valence electrons. The standard InChI is InChI=1S/C26H26BrN5O/c1-3-5-8-17(4-2)16-32-24(31-26(33)18-11-13-19(27)14-12-18)20(15-28)23-25(32)30-22-10-7-6-9-21(22)29-23/h6-7,9-14,17H,3-5,8,16H2,1-2H3,(H,31,33). The molecule has 0 aliphatic carbocycles. The van der Waals surface area contributed by atoms with E-state index < -0.39 is 0 Å². The Morgan fingerprint density at radius 3 is 2.45 bits per heavy atom. The summed E-state index contributed by atoms with van der Waals surface area (Å²) in [5.74, 6) is 0.601. The van der Waals surface area contributed by atoms with Crippen molar-refractivity contribution < 1.29 is 4.79 Å². The molecule has 0 fully saturated rings. The first-order valence-corrected chi connectivity index (χ1v) is 12.1. The molecule has 1 unspecified atom stereocenters. The summed E-state index contributed by atoms with van der Waals surface area (Å²) in [5, 5.41) is 13.1. The quantitative estimate of drug-likeness (QED) is 0.290. The number of nitrogens with one attached hydrogen (secondary N) is 1. The fourth-order valence-electron chi connectivity index (χ4n) is 4.07. The molecule has 0 spiro atoms. The largest absolute Gasteiger partial charge is 0.309 e. The molecular formula is C26H26BrN5O. The second-order valence-electron chi connectivity index (χ2n) is 8.21. The van der Waals surface area contributed by atoms with Gasteiger partial charge in [0.05, 0.1) is 11.0 Å². The van der Waals surface area contributed by atoms with Gasteiger partial charge >= 0.3 is 0 Å². The van der Waals surface area contributed by atoms with Crippen LogP contribution in [0.2, 0.25) is 0 Å². The van der Waals surface area contributed by atoms with E-state index in [1.165, 1.54) is 0 Å². The van der Waals surface area contributed by atoms with Crippen LogP contribution in [0.4, 0.5) is 5.82 Å². The molecule has 4 aromatic rings. The smallest absolute Gasteiger partial charge is 0.256 e. The molecule has 1 N–H and O–H groups in total. The average molecular weight is 504 g/mol. The number of halogens is 1. The van der Waals surface area contributed by atoms with Crippen LogP contribution in [0.15, 0.2) is 53.0 Å². The van der Waals surface area contributed by atoms with E-state index in [0.717, 1.165) is 41.2 Å². The van der Waals surface area contributed by atoms with Gasteiger partial charge in [-0.1, -0.05) is 61.2 Å². The van der Waals surface area contributed by atoms with Crippen molar-refractivity contribution in [3.8, 4) is 6.07 Å². The van der Waals surface area contributed by atoms with Crippen LogP contribution in [0.3, 0.4) is 0 Å². The van der Waals surface area contributed by atoms with Crippen LogP contribution in [-0.4, -0.2) is 20.4 Å². The van der Waals surface area contributed by atoms with Gasteiger partial charge in [-0.05, 0) is 48.7 Å². The van der Waals surface area contributed by atoms with Gasteiger partial charge < -0.3 is 9.88 Å². The number of carbonyl (C=O) groups is 1. The number of para-hydroxylation sites is 2. The molecule has 0 radical (unpaired) electrons. The minimum Gasteiger partial charge on any atom is -0.309 e. The van der Waals surface area contributed by atoms with Crippen LogP contribution in [0, 0.1) is 17.2 Å². The Morgan fingerprint density at radius 1 is 1.12 bits per heavy atom. The number of fused-ring (bicyclic) bond motifs is 2. The van der Waals surface area contributed by atoms with Crippen molar-refractivity contribution in [1.29, 1.82) is 5.26 Å². The highest BCUT2D eigenvalue weighted by atomic mass is 79.9. The summed E-state index contributed by atoms with van der Waals surface area (Å²) < 4.78 is 2.88. The van der Waals surface area contributed by atoms with E-state index in [9.17, 15) is 10.1 Å². The summed E-state index contributed by atoms with van der Waals surface area (Å²) >= 11 is 3.40. The van der Waals surface area contributed by atoms with Crippen molar-refractivity contribution in [2.24, 2.45) is 5.92 Å². The number of aromatic nitrogens is 3. The van der Waals surface area contributed by atoms with Crippen molar-refractivity contribution in [2.75, 3.05) is 5.32 Å². The van der Waals surface area contributed by atoms with Crippen molar-refractivity contribution in [3.63, 3.8) is 0 Å². The molecule has 0 bridgehead atoms. The zero-order chi connectivity index (χ0) is 23.4. The molecule has 0 saturated heterocycles. The monoisotopic (exact) mass is 503 g/mol. The lowest BCUT2D eigenvalue weighted by molar-refractivity contribution is 0.102. The predicted molar refractivity (Wildman–Crippen MR) is 135 cm³/mol. The molecule has 6 nitrogen and oxygen atoms in total. The molecule has 1 atom stereocenters. The second-order valence-corrected chi connectivity index (χ2v) is 9.12. The van der Waals surface area contributed by atoms with Crippen LogP contribution >= 0.6 is 15.9 Å². The van der Waals surface area contributed by atoms with E-state index in [-0.39, 0.29) is 5.91 Å². The summed E-state index contributed by atoms with van der Waals surface area (Å²) in [7, 11) is 0. The summed E-state index contributed by atoms with van der Waals surface area (Å²) in [6.07, 6.45) is 4.35. The first-order chi connectivity index (χ1) is 16.0. The van der Waals surface area contributed by atoms with Crippen molar-refractivity contribution >= 4 is 49.9 Å². The molecule has 2 aromatic heterocycles. The number of carbonyl (C=O) groups excluding carboxylic acids is 1. The van der Waals surface area contributed by atoms with Crippen molar-refractivity contribution in [1.82, 2.24) is 14.5 Å². The van der Waals surface area contributed by atoms with Crippen LogP contribution in [-0.2, 0) is 6.54 Å². The molecule has 2 aromatic carbocycles. The minimum absolute atomic E-state index is 0.269. The molecule has 4 rings (SSSR count). The van der Waals surface area contributed by atoms with Crippen LogP contribution in [0.25, 0.3) is 22.2 Å². The van der Waals surface area contributed by atoms with Crippen molar-refractivity contribution in [2.45, 2.75) is 46.1 Å². The number of hydrogen-bond donors (Lipinski definition) is 1. The maximum Gasteiger partial charge on any atom is 0.256 e. The van der Waals surface area contributed by atoms with Gasteiger partial charge in [-0.3, -0.25) is 4.79 Å². The van der Waals surface area contributed by atoms with E-state index in [4.69, 9.17) is 9.97 Å². The van der Waals surface area contributed by atoms with Crippen LogP contribution < -0.4 is 5.32 Å². The van der Waals surface area contributed by atoms with Gasteiger partial charge in [0.25, 0.3) is 5.91 Å². The van der Waals surface area contributed by atoms with Gasteiger partial charge in [-0.15, -0.1) is 0 Å². The van der Waals surface area contributed by atoms with E-state index in [0.29, 0.717) is 40.6 Å². The van der Waals surface area contributed by atoms with Gasteiger partial charge in [0.2, 0.25) is 0 Å². The minimum atomic E-state index is -0.269. The van der Waals surface area contributed by atoms with E-state index >= 15 is 0 Å². The maximum absolute atomic E-state index is 13.1. The summed E-state index contributed by atoms with van der Waals surface area (Å²) in [4.78, 5) is 22.7. The lowest BCUT2D eigenvalue weighted by atomic mass is 9.99. The Bertz CT molecular complexity index is 1340. The fourth-order valence-corrected chi connectivity index (χ4v) is 4.33. The van der Waals surface area contributed by atoms with E-state index in [1.807, 2.05) is 41.0 Å². The molecule has 0 aliphatic rings. The third-order valence-electron chi connectivity index (χ3n) is 5.99. The normalized spacial score (nSPS) is 12.1. The zero-order valence-electron chi connectivity index (χ0n) is 18.8. The molecule has 7 heteroatoms. The predicted octanol–water partition coefficient (Wildman–Crippen LogP) is 6.69. The number of anilines is 1. The van der Waals surface area contributed by atoms with Crippen molar-refractivity contribution in [3.05, 3.63) is 64.1 Å². The molecule has 0 saturated carbocycles. The summed E-state index contributed by atoms with van der Waals surface area (Å²) in [5.41, 5.74) is 3.50. The molecule has 2 heterocycles. The number of benzene rings is 2. The second kappa shape index (κ2) is 10.1. The number of amides is 1. The van der Waals surface area contributed by atoms with Gasteiger partial charge in [-0.2, -0.15) is 5.26 Å².